The van der Waals surface area contributed by atoms with E-state index >= 15 is 0 Å². The van der Waals surface area contributed by atoms with Crippen LogP contribution in [-0.2, 0) is 8.85 Å². The van der Waals surface area contributed by atoms with E-state index in [1.54, 1.807) is 0 Å². The Balaban J connectivity index is 2.53. The van der Waals surface area contributed by atoms with Crippen LogP contribution in [0.2, 0.25) is 36.3 Å². The summed E-state index contributed by atoms with van der Waals surface area (Å²) in [5.41, 5.74) is 0. The molecule has 36 heavy (non-hydrogen) atoms. The second kappa shape index (κ2) is 20.1. The van der Waals surface area contributed by atoms with E-state index in [1.165, 1.54) is 120 Å². The van der Waals surface area contributed by atoms with Gasteiger partial charge in [-0.05, 0) is 86.6 Å². The van der Waals surface area contributed by atoms with Crippen molar-refractivity contribution < 1.29 is 8.85 Å². The molecule has 1 rings (SSSR count). The Bertz CT molecular complexity index is 526. The first-order valence-electron chi connectivity index (χ1n) is 16.5. The van der Waals surface area contributed by atoms with E-state index in [1.807, 2.05) is 0 Å². The quantitative estimate of drug-likeness (QED) is 0.0731. The summed E-state index contributed by atoms with van der Waals surface area (Å²) < 4.78 is 13.6. The average Bonchev–Trinajstić information content (AvgIpc) is 3.29. The Morgan fingerprint density at radius 2 is 1.22 bits per heavy atom. The summed E-state index contributed by atoms with van der Waals surface area (Å²) in [5, 5.41) is 0. The minimum Gasteiger partial charge on any atom is -0.417 e. The Hall–Kier alpha value is 0.0938. The van der Waals surface area contributed by atoms with Crippen molar-refractivity contribution in [1.82, 2.24) is 0 Å². The van der Waals surface area contributed by atoms with Gasteiger partial charge in [-0.15, -0.1) is 0 Å². The van der Waals surface area contributed by atoms with Gasteiger partial charge in [-0.2, -0.15) is 0 Å². The first-order chi connectivity index (χ1) is 17.5. The molecule has 1 aliphatic rings. The van der Waals surface area contributed by atoms with Crippen molar-refractivity contribution in [2.24, 2.45) is 11.8 Å². The van der Waals surface area contributed by atoms with Gasteiger partial charge >= 0.3 is 0 Å². The van der Waals surface area contributed by atoms with Crippen molar-refractivity contribution in [2.75, 3.05) is 6.61 Å². The van der Waals surface area contributed by atoms with Crippen molar-refractivity contribution in [1.29, 1.82) is 0 Å². The summed E-state index contributed by atoms with van der Waals surface area (Å²) in [6, 6.07) is 7.66. The summed E-state index contributed by atoms with van der Waals surface area (Å²) in [7, 11) is -2.93. The molecule has 0 saturated heterocycles. The Labute approximate surface area is 230 Å². The van der Waals surface area contributed by atoms with Gasteiger partial charge in [0, 0.05) is 12.7 Å². The molecule has 0 N–H and O–H groups in total. The maximum absolute atomic E-state index is 7.11. The molecule has 0 radical (unpaired) electrons. The number of allylic oxidation sites excluding steroid dienone is 2. The van der Waals surface area contributed by atoms with Gasteiger partial charge in [-0.25, -0.2) is 0 Å². The van der Waals surface area contributed by atoms with E-state index in [2.05, 4.69) is 60.6 Å². The number of hydrogen-bond acceptors (Lipinski definition) is 2. The summed E-state index contributed by atoms with van der Waals surface area (Å²) in [6.45, 7) is 17.5. The van der Waals surface area contributed by atoms with Crippen LogP contribution in [0.5, 0.6) is 0 Å². The van der Waals surface area contributed by atoms with E-state index < -0.39 is 16.6 Å². The van der Waals surface area contributed by atoms with Crippen LogP contribution in [0.25, 0.3) is 0 Å². The monoisotopic (exact) mass is 538 g/mol. The van der Waals surface area contributed by atoms with Crippen molar-refractivity contribution >= 4 is 16.6 Å². The zero-order chi connectivity index (χ0) is 26.7. The predicted molar refractivity (Wildman–Crippen MR) is 167 cm³/mol. The van der Waals surface area contributed by atoms with Crippen molar-refractivity contribution in [3.05, 3.63) is 12.2 Å². The fourth-order valence-corrected chi connectivity index (χ4v) is 12.1. The van der Waals surface area contributed by atoms with Crippen LogP contribution in [0.3, 0.4) is 0 Å². The minimum atomic E-state index is -1.54. The van der Waals surface area contributed by atoms with E-state index in [0.717, 1.165) is 18.4 Å². The molecule has 214 valence electrons. The summed E-state index contributed by atoms with van der Waals surface area (Å²) in [6.07, 6.45) is 23.1. The number of unbranched alkanes of at least 4 members (excludes halogenated alkanes) is 8. The lowest BCUT2D eigenvalue weighted by Gasteiger charge is -2.35. The molecule has 0 aromatic heterocycles. The maximum atomic E-state index is 7.11. The highest BCUT2D eigenvalue weighted by molar-refractivity contribution is 6.74. The molecule has 3 atom stereocenters. The molecular formula is C32H66O2Si2. The number of hydrogen-bond donors (Lipinski definition) is 0. The third kappa shape index (κ3) is 11.9. The minimum absolute atomic E-state index is 0.523. The van der Waals surface area contributed by atoms with Gasteiger partial charge in [-0.1, -0.05) is 106 Å². The molecule has 0 spiro atoms. The predicted octanol–water partition coefficient (Wildman–Crippen LogP) is 11.3. The fourth-order valence-electron chi connectivity index (χ4n) is 6.48. The van der Waals surface area contributed by atoms with E-state index in [4.69, 9.17) is 8.85 Å². The van der Waals surface area contributed by atoms with Gasteiger partial charge in [-0.3, -0.25) is 0 Å². The Kier molecular flexibility index (Phi) is 19.0. The lowest BCUT2D eigenvalue weighted by Crippen LogP contribution is -2.41. The van der Waals surface area contributed by atoms with Crippen LogP contribution in [0.4, 0.5) is 0 Å². The molecule has 4 heteroatoms. The van der Waals surface area contributed by atoms with Gasteiger partial charge in [0.2, 0.25) is 0 Å². The van der Waals surface area contributed by atoms with Crippen molar-refractivity contribution in [3.8, 4) is 0 Å². The molecular weight excluding hydrogens is 473 g/mol. The van der Waals surface area contributed by atoms with Crippen LogP contribution in [0.15, 0.2) is 12.2 Å². The normalized spacial score (nSPS) is 21.1. The van der Waals surface area contributed by atoms with Gasteiger partial charge in [0.1, 0.15) is 0 Å². The molecule has 0 heterocycles. The van der Waals surface area contributed by atoms with Crippen LogP contribution >= 0.6 is 0 Å². The Morgan fingerprint density at radius 1 is 0.639 bits per heavy atom. The fraction of sp³-hybridized carbons (Fsp3) is 0.938. The van der Waals surface area contributed by atoms with Gasteiger partial charge in [0.15, 0.2) is 16.6 Å². The molecule has 1 fully saturated rings. The lowest BCUT2D eigenvalue weighted by atomic mass is 9.88. The molecule has 0 aliphatic heterocycles. The second-order valence-electron chi connectivity index (χ2n) is 11.7. The highest BCUT2D eigenvalue weighted by Crippen LogP contribution is 2.41. The zero-order valence-electron chi connectivity index (χ0n) is 25.8. The van der Waals surface area contributed by atoms with Crippen LogP contribution in [0, 0.1) is 11.8 Å². The summed E-state index contributed by atoms with van der Waals surface area (Å²) in [4.78, 5) is 0. The average molecular weight is 539 g/mol. The lowest BCUT2D eigenvalue weighted by molar-refractivity contribution is 0.128. The third-order valence-electron chi connectivity index (χ3n) is 9.78. The van der Waals surface area contributed by atoms with Gasteiger partial charge < -0.3 is 8.85 Å². The largest absolute Gasteiger partial charge is 0.417 e. The maximum Gasteiger partial charge on any atom is 0.192 e. The van der Waals surface area contributed by atoms with Gasteiger partial charge in [0.25, 0.3) is 0 Å². The van der Waals surface area contributed by atoms with Crippen LogP contribution in [-0.4, -0.2) is 29.3 Å². The molecule has 0 aromatic rings. The summed E-state index contributed by atoms with van der Waals surface area (Å²) >= 11 is 0. The molecule has 1 aliphatic carbocycles. The van der Waals surface area contributed by atoms with Gasteiger partial charge in [0.05, 0.1) is 0 Å². The molecule has 0 amide bonds. The van der Waals surface area contributed by atoms with Crippen LogP contribution in [0.1, 0.15) is 132 Å². The first kappa shape index (κ1) is 34.1. The van der Waals surface area contributed by atoms with E-state index in [0.29, 0.717) is 6.10 Å². The molecule has 1 unspecified atom stereocenters. The molecule has 2 nitrogen and oxygen atoms in total. The SMILES string of the molecule is CCCCCCC=C[C@H]1CCC(O[Si](CC)(CC)CC)[C@@H]1CCCCCCCO[Si](CC)(CC)CC. The third-order valence-corrected chi connectivity index (χ3v) is 19.1. The summed E-state index contributed by atoms with van der Waals surface area (Å²) in [5.74, 6) is 1.50. The van der Waals surface area contributed by atoms with Crippen molar-refractivity contribution in [3.63, 3.8) is 0 Å². The molecule has 0 bridgehead atoms. The van der Waals surface area contributed by atoms with Crippen molar-refractivity contribution in [2.45, 2.75) is 174 Å². The standard InChI is InChI=1S/C32H66O2Si2/c1-8-15-16-17-19-22-25-30-27-28-32(34-36(12-5,13-6)14-7)31(30)26-23-20-18-21-24-29-33-35(9-2,10-3)11-4/h22,25,30-32H,8-21,23-24,26-29H2,1-7H3/t30-,31+,32?/m0/s1. The smallest absolute Gasteiger partial charge is 0.192 e. The molecule has 1 saturated carbocycles. The number of rotatable bonds is 23. The van der Waals surface area contributed by atoms with E-state index in [-0.39, 0.29) is 0 Å². The Morgan fingerprint density at radius 3 is 1.83 bits per heavy atom. The first-order valence-corrected chi connectivity index (χ1v) is 21.5. The highest BCUT2D eigenvalue weighted by atomic mass is 28.4. The van der Waals surface area contributed by atoms with Crippen LogP contribution < -0.4 is 0 Å². The molecule has 0 aromatic carbocycles. The highest BCUT2D eigenvalue weighted by Gasteiger charge is 2.40. The topological polar surface area (TPSA) is 18.5 Å². The second-order valence-corrected chi connectivity index (χ2v) is 21.2. The van der Waals surface area contributed by atoms with E-state index in [9.17, 15) is 0 Å². The zero-order valence-corrected chi connectivity index (χ0v) is 27.8.